The Kier molecular flexibility index (Phi) is 5.49. The summed E-state index contributed by atoms with van der Waals surface area (Å²) in [6.45, 7) is 1.93. The van der Waals surface area contributed by atoms with E-state index < -0.39 is 28.2 Å². The molecule has 0 aromatic heterocycles. The summed E-state index contributed by atoms with van der Waals surface area (Å²) in [4.78, 5) is 2.03. The maximum Gasteiger partial charge on any atom is 0.488 e. The van der Waals surface area contributed by atoms with Crippen molar-refractivity contribution in [3.05, 3.63) is 65.2 Å². The molecular formula is C17H16F3NO4S. The fraction of sp³-hybridized carbons (Fsp3) is 0.294. The summed E-state index contributed by atoms with van der Waals surface area (Å²) in [5.41, 5.74) is 1.14. The molecule has 0 amide bonds. The van der Waals surface area contributed by atoms with Gasteiger partial charge in [0, 0.05) is 31.3 Å². The minimum atomic E-state index is -5.05. The van der Waals surface area contributed by atoms with Crippen molar-refractivity contribution < 1.29 is 30.0 Å². The van der Waals surface area contributed by atoms with Gasteiger partial charge in [0.2, 0.25) is 0 Å². The quantitative estimate of drug-likeness (QED) is 0.738. The Morgan fingerprint density at radius 1 is 1.15 bits per heavy atom. The van der Waals surface area contributed by atoms with Gasteiger partial charge in [-0.25, -0.2) is 8.78 Å². The molecule has 1 aliphatic heterocycles. The zero-order valence-corrected chi connectivity index (χ0v) is 14.4. The van der Waals surface area contributed by atoms with Gasteiger partial charge in [0.05, 0.1) is 12.7 Å². The summed E-state index contributed by atoms with van der Waals surface area (Å²) in [6.07, 6.45) is -0.511. The summed E-state index contributed by atoms with van der Waals surface area (Å²) >= 11 is 0. The number of nitrogens with zero attached hydrogens (tertiary/aromatic N) is 1. The van der Waals surface area contributed by atoms with Crippen LogP contribution in [0, 0.1) is 11.6 Å². The molecule has 1 heterocycles. The van der Waals surface area contributed by atoms with Crippen molar-refractivity contribution in [2.75, 3.05) is 19.7 Å². The standard InChI is InChI=1S/C17H16F3NO4S/c18-13-3-6-15(16(19)9-13)17-11-21(7-8-24-17)10-12-1-4-14(5-2-12)25-26(20,22)23/h1-6,9,17H,7-8,10-11H2. The van der Waals surface area contributed by atoms with Crippen LogP contribution in [0.15, 0.2) is 42.5 Å². The molecule has 140 valence electrons. The first-order valence-corrected chi connectivity index (χ1v) is 9.13. The van der Waals surface area contributed by atoms with Crippen LogP contribution in [0.2, 0.25) is 0 Å². The van der Waals surface area contributed by atoms with E-state index in [4.69, 9.17) is 4.74 Å². The minimum absolute atomic E-state index is 0.121. The molecule has 1 fully saturated rings. The van der Waals surface area contributed by atoms with Crippen LogP contribution in [0.3, 0.4) is 0 Å². The monoisotopic (exact) mass is 387 g/mol. The summed E-state index contributed by atoms with van der Waals surface area (Å²) in [6, 6.07) is 9.33. The van der Waals surface area contributed by atoms with Crippen LogP contribution in [0.4, 0.5) is 12.7 Å². The lowest BCUT2D eigenvalue weighted by molar-refractivity contribution is -0.0345. The van der Waals surface area contributed by atoms with Crippen LogP contribution in [-0.4, -0.2) is 33.0 Å². The molecule has 0 bridgehead atoms. The van der Waals surface area contributed by atoms with E-state index in [0.717, 1.165) is 11.6 Å². The van der Waals surface area contributed by atoms with E-state index in [0.29, 0.717) is 31.8 Å². The highest BCUT2D eigenvalue weighted by molar-refractivity contribution is 7.81. The largest absolute Gasteiger partial charge is 0.488 e. The normalized spacial score (nSPS) is 18.7. The van der Waals surface area contributed by atoms with Gasteiger partial charge in [0.15, 0.2) is 0 Å². The molecule has 2 aromatic carbocycles. The lowest BCUT2D eigenvalue weighted by atomic mass is 10.1. The highest BCUT2D eigenvalue weighted by Crippen LogP contribution is 2.26. The smallest absolute Gasteiger partial charge is 0.371 e. The Hall–Kier alpha value is -2.10. The van der Waals surface area contributed by atoms with Crippen molar-refractivity contribution >= 4 is 10.5 Å². The van der Waals surface area contributed by atoms with Crippen molar-refractivity contribution in [2.24, 2.45) is 0 Å². The molecule has 0 spiro atoms. The second-order valence-electron chi connectivity index (χ2n) is 5.88. The third-order valence-electron chi connectivity index (χ3n) is 3.99. The van der Waals surface area contributed by atoms with Crippen LogP contribution in [0.1, 0.15) is 17.2 Å². The second kappa shape index (κ2) is 7.65. The van der Waals surface area contributed by atoms with Crippen LogP contribution in [-0.2, 0) is 21.8 Å². The van der Waals surface area contributed by atoms with Gasteiger partial charge in [-0.3, -0.25) is 4.90 Å². The fourth-order valence-electron chi connectivity index (χ4n) is 2.82. The molecular weight excluding hydrogens is 371 g/mol. The van der Waals surface area contributed by atoms with Gasteiger partial charge in [-0.2, -0.15) is 8.42 Å². The number of rotatable bonds is 5. The van der Waals surface area contributed by atoms with Crippen LogP contribution in [0.5, 0.6) is 5.75 Å². The van der Waals surface area contributed by atoms with E-state index in [2.05, 4.69) is 4.18 Å². The van der Waals surface area contributed by atoms with E-state index in [1.807, 2.05) is 4.90 Å². The molecule has 0 radical (unpaired) electrons. The Bertz CT molecular complexity index is 874. The van der Waals surface area contributed by atoms with Crippen molar-refractivity contribution in [2.45, 2.75) is 12.6 Å². The van der Waals surface area contributed by atoms with Crippen LogP contribution in [0.25, 0.3) is 0 Å². The first kappa shape index (κ1) is 18.7. The maximum atomic E-state index is 13.9. The number of ether oxygens (including phenoxy) is 1. The van der Waals surface area contributed by atoms with E-state index in [-0.39, 0.29) is 5.75 Å². The number of hydrogen-bond donors (Lipinski definition) is 0. The molecule has 3 rings (SSSR count). The Balaban J connectivity index is 1.65. The zero-order chi connectivity index (χ0) is 18.7. The zero-order valence-electron chi connectivity index (χ0n) is 13.6. The topological polar surface area (TPSA) is 55.8 Å². The summed E-state index contributed by atoms with van der Waals surface area (Å²) in [5.74, 6) is -1.41. The van der Waals surface area contributed by atoms with Crippen molar-refractivity contribution in [3.63, 3.8) is 0 Å². The van der Waals surface area contributed by atoms with Crippen molar-refractivity contribution in [1.82, 2.24) is 4.90 Å². The lowest BCUT2D eigenvalue weighted by Gasteiger charge is -2.33. The van der Waals surface area contributed by atoms with Crippen molar-refractivity contribution in [3.8, 4) is 5.75 Å². The first-order valence-electron chi connectivity index (χ1n) is 7.82. The Labute approximate surface area is 149 Å². The summed E-state index contributed by atoms with van der Waals surface area (Å²) in [5, 5.41) is 0. The third kappa shape index (κ3) is 4.96. The Morgan fingerprint density at radius 2 is 1.88 bits per heavy atom. The molecule has 26 heavy (non-hydrogen) atoms. The van der Waals surface area contributed by atoms with Gasteiger partial charge in [-0.1, -0.05) is 22.1 Å². The SMILES string of the molecule is O=S(=O)(F)Oc1ccc(CN2CCOC(c3ccc(F)cc3F)C2)cc1. The lowest BCUT2D eigenvalue weighted by Crippen LogP contribution is -2.38. The maximum absolute atomic E-state index is 13.9. The molecule has 0 N–H and O–H groups in total. The van der Waals surface area contributed by atoms with E-state index >= 15 is 0 Å². The van der Waals surface area contributed by atoms with E-state index in [1.165, 1.54) is 24.3 Å². The molecule has 9 heteroatoms. The average molecular weight is 387 g/mol. The molecule has 2 aromatic rings. The first-order chi connectivity index (χ1) is 12.3. The molecule has 0 saturated carbocycles. The minimum Gasteiger partial charge on any atom is -0.371 e. The van der Waals surface area contributed by atoms with Gasteiger partial charge in [0.25, 0.3) is 0 Å². The molecule has 5 nitrogen and oxygen atoms in total. The fourth-order valence-corrected chi connectivity index (χ4v) is 3.16. The highest BCUT2D eigenvalue weighted by atomic mass is 32.3. The number of morpholine rings is 1. The third-order valence-corrected chi connectivity index (χ3v) is 4.38. The summed E-state index contributed by atoms with van der Waals surface area (Å²) < 4.78 is 70.1. The number of benzene rings is 2. The number of halogens is 3. The number of hydrogen-bond acceptors (Lipinski definition) is 5. The van der Waals surface area contributed by atoms with Gasteiger partial charge in [0.1, 0.15) is 17.4 Å². The molecule has 1 aliphatic rings. The predicted molar refractivity (Wildman–Crippen MR) is 87.4 cm³/mol. The van der Waals surface area contributed by atoms with Gasteiger partial charge in [-0.15, -0.1) is 0 Å². The molecule has 1 atom stereocenters. The molecule has 1 unspecified atom stereocenters. The van der Waals surface area contributed by atoms with Crippen LogP contribution >= 0.6 is 0 Å². The summed E-state index contributed by atoms with van der Waals surface area (Å²) in [7, 11) is -5.05. The molecule has 0 aliphatic carbocycles. The van der Waals surface area contributed by atoms with E-state index in [9.17, 15) is 21.1 Å². The predicted octanol–water partition coefficient (Wildman–Crippen LogP) is 3.13. The Morgan fingerprint density at radius 3 is 2.54 bits per heavy atom. The highest BCUT2D eigenvalue weighted by Gasteiger charge is 2.24. The van der Waals surface area contributed by atoms with Gasteiger partial charge in [-0.05, 0) is 23.8 Å². The van der Waals surface area contributed by atoms with Gasteiger partial charge < -0.3 is 8.92 Å². The average Bonchev–Trinajstić information content (AvgIpc) is 2.56. The second-order valence-corrected chi connectivity index (χ2v) is 6.83. The van der Waals surface area contributed by atoms with Gasteiger partial charge >= 0.3 is 10.5 Å². The van der Waals surface area contributed by atoms with Crippen molar-refractivity contribution in [1.29, 1.82) is 0 Å². The van der Waals surface area contributed by atoms with E-state index in [1.54, 1.807) is 12.1 Å². The molecule has 1 saturated heterocycles. The van der Waals surface area contributed by atoms with Crippen LogP contribution < -0.4 is 4.18 Å².